The molecule has 0 aliphatic rings. The topological polar surface area (TPSA) is 25.2 Å². The van der Waals surface area contributed by atoms with Crippen LogP contribution in [0.4, 0.5) is 8.78 Å². The van der Waals surface area contributed by atoms with Gasteiger partial charge in [-0.3, -0.25) is 0 Å². The fourth-order valence-corrected chi connectivity index (χ4v) is 1.96. The summed E-state index contributed by atoms with van der Waals surface area (Å²) < 4.78 is 31.8. The van der Waals surface area contributed by atoms with Crippen LogP contribution in [0.2, 0.25) is 5.22 Å². The Labute approximate surface area is 102 Å². The summed E-state index contributed by atoms with van der Waals surface area (Å²) in [6.07, 6.45) is 1.40. The van der Waals surface area contributed by atoms with Crippen LogP contribution >= 0.6 is 11.6 Å². The molecule has 0 amide bonds. The van der Waals surface area contributed by atoms with E-state index >= 15 is 0 Å². The average molecular weight is 258 g/mol. The van der Waals surface area contributed by atoms with Crippen molar-refractivity contribution in [3.63, 3.8) is 0 Å². The highest BCUT2D eigenvalue weighted by Crippen LogP contribution is 2.30. The van der Waals surface area contributed by atoms with Crippen LogP contribution in [-0.4, -0.2) is 7.05 Å². The molecular weight excluding hydrogens is 248 g/mol. The standard InChI is InChI=1S/C12H10ClF2NO/c1-16-11(8-5-6-17-12(8)13)7-3-2-4-9(14)10(7)15/h2-6,11,16H,1H3. The number of hydrogen-bond donors (Lipinski definition) is 1. The van der Waals surface area contributed by atoms with E-state index in [4.69, 9.17) is 16.0 Å². The van der Waals surface area contributed by atoms with Crippen molar-refractivity contribution in [1.29, 1.82) is 0 Å². The van der Waals surface area contributed by atoms with Gasteiger partial charge < -0.3 is 9.73 Å². The molecule has 90 valence electrons. The van der Waals surface area contributed by atoms with E-state index in [9.17, 15) is 8.78 Å². The fourth-order valence-electron chi connectivity index (χ4n) is 1.73. The highest BCUT2D eigenvalue weighted by molar-refractivity contribution is 6.29. The third-order valence-corrected chi connectivity index (χ3v) is 2.85. The molecule has 2 nitrogen and oxygen atoms in total. The molecule has 0 radical (unpaired) electrons. The third kappa shape index (κ3) is 2.18. The number of hydrogen-bond acceptors (Lipinski definition) is 2. The highest BCUT2D eigenvalue weighted by Gasteiger charge is 2.21. The zero-order valence-corrected chi connectivity index (χ0v) is 9.76. The summed E-state index contributed by atoms with van der Waals surface area (Å²) >= 11 is 5.83. The maximum absolute atomic E-state index is 13.7. The van der Waals surface area contributed by atoms with Crippen molar-refractivity contribution in [1.82, 2.24) is 5.32 Å². The van der Waals surface area contributed by atoms with E-state index in [1.165, 1.54) is 18.4 Å². The number of halogens is 3. The maximum atomic E-state index is 13.7. The Morgan fingerprint density at radius 3 is 2.59 bits per heavy atom. The molecule has 1 N–H and O–H groups in total. The molecule has 0 spiro atoms. The third-order valence-electron chi connectivity index (χ3n) is 2.54. The Kier molecular flexibility index (Phi) is 3.45. The van der Waals surface area contributed by atoms with Gasteiger partial charge in [0.1, 0.15) is 0 Å². The normalized spacial score (nSPS) is 12.7. The van der Waals surface area contributed by atoms with Crippen molar-refractivity contribution in [2.45, 2.75) is 6.04 Å². The van der Waals surface area contributed by atoms with Crippen LogP contribution in [0.25, 0.3) is 0 Å². The second-order valence-electron chi connectivity index (χ2n) is 3.51. The summed E-state index contributed by atoms with van der Waals surface area (Å²) in [7, 11) is 1.64. The van der Waals surface area contributed by atoms with Crippen molar-refractivity contribution in [3.8, 4) is 0 Å². The summed E-state index contributed by atoms with van der Waals surface area (Å²) in [5, 5.41) is 3.04. The Morgan fingerprint density at radius 2 is 2.00 bits per heavy atom. The highest BCUT2D eigenvalue weighted by atomic mass is 35.5. The number of rotatable bonds is 3. The zero-order valence-electron chi connectivity index (χ0n) is 9.01. The molecule has 5 heteroatoms. The first-order valence-corrected chi connectivity index (χ1v) is 5.37. The van der Waals surface area contributed by atoms with Gasteiger partial charge >= 0.3 is 0 Å². The lowest BCUT2D eigenvalue weighted by atomic mass is 10.0. The summed E-state index contributed by atoms with van der Waals surface area (Å²) in [5.41, 5.74) is 0.759. The van der Waals surface area contributed by atoms with Gasteiger partial charge in [-0.1, -0.05) is 12.1 Å². The summed E-state index contributed by atoms with van der Waals surface area (Å²) in [6, 6.07) is 5.10. The fraction of sp³-hybridized carbons (Fsp3) is 0.167. The summed E-state index contributed by atoms with van der Waals surface area (Å²) in [4.78, 5) is 0. The molecule has 2 rings (SSSR count). The largest absolute Gasteiger partial charge is 0.453 e. The molecule has 0 aliphatic carbocycles. The van der Waals surface area contributed by atoms with E-state index < -0.39 is 17.7 Å². The molecule has 1 aromatic carbocycles. The van der Waals surface area contributed by atoms with Gasteiger partial charge in [0.25, 0.3) is 0 Å². The first-order chi connectivity index (χ1) is 8.15. The molecule has 1 aromatic heterocycles. The lowest BCUT2D eigenvalue weighted by molar-refractivity contribution is 0.486. The molecule has 0 bridgehead atoms. The van der Waals surface area contributed by atoms with E-state index in [0.29, 0.717) is 5.56 Å². The Balaban J connectivity index is 2.50. The quantitative estimate of drug-likeness (QED) is 0.910. The molecule has 17 heavy (non-hydrogen) atoms. The maximum Gasteiger partial charge on any atom is 0.198 e. The first kappa shape index (κ1) is 12.1. The Morgan fingerprint density at radius 1 is 1.24 bits per heavy atom. The molecule has 2 aromatic rings. The Hall–Kier alpha value is -1.39. The minimum absolute atomic E-state index is 0.160. The summed E-state index contributed by atoms with van der Waals surface area (Å²) in [5.74, 6) is -1.77. The van der Waals surface area contributed by atoms with Gasteiger partial charge in [0.15, 0.2) is 16.9 Å². The van der Waals surface area contributed by atoms with Crippen LogP contribution in [0.5, 0.6) is 0 Å². The Bertz CT molecular complexity index is 527. The number of benzene rings is 1. The number of nitrogens with one attached hydrogen (secondary N) is 1. The van der Waals surface area contributed by atoms with Crippen LogP contribution in [0.1, 0.15) is 17.2 Å². The van der Waals surface area contributed by atoms with Crippen molar-refractivity contribution in [2.24, 2.45) is 0 Å². The smallest absolute Gasteiger partial charge is 0.198 e. The first-order valence-electron chi connectivity index (χ1n) is 4.99. The SMILES string of the molecule is CNC(c1ccoc1Cl)c1cccc(F)c1F. The van der Waals surface area contributed by atoms with Crippen molar-refractivity contribution in [3.05, 3.63) is 58.5 Å². The minimum atomic E-state index is -0.887. The van der Waals surface area contributed by atoms with Gasteiger partial charge in [0.2, 0.25) is 0 Å². The zero-order chi connectivity index (χ0) is 12.4. The average Bonchev–Trinajstić information content (AvgIpc) is 2.72. The molecule has 0 saturated carbocycles. The molecule has 0 fully saturated rings. The van der Waals surface area contributed by atoms with E-state index in [1.54, 1.807) is 13.1 Å². The molecule has 0 saturated heterocycles. The predicted molar refractivity (Wildman–Crippen MR) is 61.0 cm³/mol. The van der Waals surface area contributed by atoms with E-state index in [0.717, 1.165) is 6.07 Å². The summed E-state index contributed by atoms with van der Waals surface area (Å²) in [6.45, 7) is 0. The van der Waals surface area contributed by atoms with Gasteiger partial charge in [0, 0.05) is 11.1 Å². The minimum Gasteiger partial charge on any atom is -0.453 e. The van der Waals surface area contributed by atoms with Crippen LogP contribution in [0.15, 0.2) is 34.9 Å². The molecule has 1 heterocycles. The second-order valence-corrected chi connectivity index (χ2v) is 3.86. The molecular formula is C12H10ClF2NO. The van der Waals surface area contributed by atoms with Gasteiger partial charge in [-0.25, -0.2) is 8.78 Å². The van der Waals surface area contributed by atoms with Crippen LogP contribution < -0.4 is 5.32 Å². The van der Waals surface area contributed by atoms with Crippen LogP contribution in [-0.2, 0) is 0 Å². The van der Waals surface area contributed by atoms with Crippen molar-refractivity contribution < 1.29 is 13.2 Å². The van der Waals surface area contributed by atoms with Gasteiger partial charge in [-0.05, 0) is 30.8 Å². The lowest BCUT2D eigenvalue weighted by Gasteiger charge is -2.16. The number of furan rings is 1. The monoisotopic (exact) mass is 257 g/mol. The molecule has 0 aliphatic heterocycles. The van der Waals surface area contributed by atoms with Crippen LogP contribution in [0, 0.1) is 11.6 Å². The van der Waals surface area contributed by atoms with Gasteiger partial charge in [-0.15, -0.1) is 0 Å². The van der Waals surface area contributed by atoms with Crippen molar-refractivity contribution in [2.75, 3.05) is 7.05 Å². The second kappa shape index (κ2) is 4.85. The van der Waals surface area contributed by atoms with Gasteiger partial charge in [0.05, 0.1) is 12.3 Å². The van der Waals surface area contributed by atoms with Gasteiger partial charge in [-0.2, -0.15) is 0 Å². The van der Waals surface area contributed by atoms with E-state index in [2.05, 4.69) is 5.32 Å². The van der Waals surface area contributed by atoms with Crippen LogP contribution in [0.3, 0.4) is 0 Å². The van der Waals surface area contributed by atoms with Crippen molar-refractivity contribution >= 4 is 11.6 Å². The van der Waals surface area contributed by atoms with E-state index in [-0.39, 0.29) is 10.8 Å². The van der Waals surface area contributed by atoms with E-state index in [1.807, 2.05) is 0 Å². The predicted octanol–water partition coefficient (Wildman–Crippen LogP) is 3.52. The lowest BCUT2D eigenvalue weighted by Crippen LogP contribution is -2.19. The molecule has 1 atom stereocenters. The molecule has 1 unspecified atom stereocenters.